The van der Waals surface area contributed by atoms with Gasteiger partial charge in [0.2, 0.25) is 5.91 Å². The molecule has 1 aliphatic rings. The minimum Gasteiger partial charge on any atom is -0.376 e. The Morgan fingerprint density at radius 2 is 2.20 bits per heavy atom. The lowest BCUT2D eigenvalue weighted by Gasteiger charge is -2.34. The molecule has 2 atom stereocenters. The van der Waals surface area contributed by atoms with Gasteiger partial charge in [-0.2, -0.15) is 0 Å². The van der Waals surface area contributed by atoms with Crippen LogP contribution in [0.3, 0.4) is 0 Å². The predicted octanol–water partition coefficient (Wildman–Crippen LogP) is 1.55. The van der Waals surface area contributed by atoms with Gasteiger partial charge in [-0.15, -0.1) is 0 Å². The van der Waals surface area contributed by atoms with Crippen LogP contribution in [0.5, 0.6) is 0 Å². The Hall–Kier alpha value is -1.46. The normalized spacial score (nSPS) is 21.4. The van der Waals surface area contributed by atoms with E-state index in [1.807, 2.05) is 13.8 Å². The summed E-state index contributed by atoms with van der Waals surface area (Å²) in [5.41, 5.74) is 0.891. The van der Waals surface area contributed by atoms with E-state index in [1.165, 1.54) is 12.1 Å². The van der Waals surface area contributed by atoms with Crippen molar-refractivity contribution in [3.63, 3.8) is 0 Å². The molecule has 0 aromatic heterocycles. The van der Waals surface area contributed by atoms with Crippen molar-refractivity contribution in [2.75, 3.05) is 19.7 Å². The third-order valence-electron chi connectivity index (χ3n) is 3.58. The SMILES string of the molecule is CC1CN(C(C)C(=O)NCc2ccc(F)cc2)CCO1. The van der Waals surface area contributed by atoms with Gasteiger partial charge in [-0.05, 0) is 31.5 Å². The van der Waals surface area contributed by atoms with E-state index in [0.29, 0.717) is 13.2 Å². The number of nitrogens with zero attached hydrogens (tertiary/aromatic N) is 1. The average Bonchev–Trinajstić information content (AvgIpc) is 2.45. The summed E-state index contributed by atoms with van der Waals surface area (Å²) in [6.45, 7) is 6.54. The molecule has 2 rings (SSSR count). The van der Waals surface area contributed by atoms with E-state index < -0.39 is 0 Å². The lowest BCUT2D eigenvalue weighted by Crippen LogP contribution is -2.51. The van der Waals surface area contributed by atoms with Crippen LogP contribution >= 0.6 is 0 Å². The largest absolute Gasteiger partial charge is 0.376 e. The Morgan fingerprint density at radius 1 is 1.50 bits per heavy atom. The number of carbonyl (C=O) groups excluding carboxylic acids is 1. The molecular formula is C15H21FN2O2. The molecule has 1 fully saturated rings. The average molecular weight is 280 g/mol. The maximum Gasteiger partial charge on any atom is 0.237 e. The van der Waals surface area contributed by atoms with Crippen molar-refractivity contribution < 1.29 is 13.9 Å². The van der Waals surface area contributed by atoms with Crippen molar-refractivity contribution >= 4 is 5.91 Å². The second kappa shape index (κ2) is 6.81. The summed E-state index contributed by atoms with van der Waals surface area (Å²) in [4.78, 5) is 14.2. The molecule has 0 saturated carbocycles. The van der Waals surface area contributed by atoms with Gasteiger partial charge < -0.3 is 10.1 Å². The number of halogens is 1. The fourth-order valence-corrected chi connectivity index (χ4v) is 2.30. The Labute approximate surface area is 118 Å². The summed E-state index contributed by atoms with van der Waals surface area (Å²) >= 11 is 0. The van der Waals surface area contributed by atoms with Crippen LogP contribution < -0.4 is 5.32 Å². The highest BCUT2D eigenvalue weighted by Crippen LogP contribution is 2.09. The first-order valence-electron chi connectivity index (χ1n) is 6.94. The van der Waals surface area contributed by atoms with Crippen molar-refractivity contribution in [1.29, 1.82) is 0 Å². The maximum atomic E-state index is 12.8. The lowest BCUT2D eigenvalue weighted by atomic mass is 10.2. The fourth-order valence-electron chi connectivity index (χ4n) is 2.30. The standard InChI is InChI=1S/C15H21FN2O2/c1-11-10-18(7-8-20-11)12(2)15(19)17-9-13-3-5-14(16)6-4-13/h3-6,11-12H,7-10H2,1-2H3,(H,17,19). The van der Waals surface area contributed by atoms with Crippen molar-refractivity contribution in [3.8, 4) is 0 Å². The highest BCUT2D eigenvalue weighted by atomic mass is 19.1. The molecule has 1 aliphatic heterocycles. The van der Waals surface area contributed by atoms with E-state index >= 15 is 0 Å². The highest BCUT2D eigenvalue weighted by Gasteiger charge is 2.25. The van der Waals surface area contributed by atoms with E-state index in [4.69, 9.17) is 4.74 Å². The summed E-state index contributed by atoms with van der Waals surface area (Å²) in [6, 6.07) is 5.97. The van der Waals surface area contributed by atoms with Gasteiger partial charge in [-0.3, -0.25) is 9.69 Å². The van der Waals surface area contributed by atoms with Crippen LogP contribution in [-0.2, 0) is 16.1 Å². The smallest absolute Gasteiger partial charge is 0.237 e. The first-order chi connectivity index (χ1) is 9.56. The minimum absolute atomic E-state index is 0.0107. The number of amides is 1. The third kappa shape index (κ3) is 4.02. The molecule has 110 valence electrons. The molecule has 1 saturated heterocycles. The lowest BCUT2D eigenvalue weighted by molar-refractivity contribution is -0.129. The Balaban J connectivity index is 1.83. The van der Waals surface area contributed by atoms with Gasteiger partial charge in [0, 0.05) is 19.6 Å². The second-order valence-corrected chi connectivity index (χ2v) is 5.20. The second-order valence-electron chi connectivity index (χ2n) is 5.20. The van der Waals surface area contributed by atoms with Gasteiger partial charge in [-0.1, -0.05) is 12.1 Å². The summed E-state index contributed by atoms with van der Waals surface area (Å²) in [6.07, 6.45) is 0.163. The predicted molar refractivity (Wildman–Crippen MR) is 74.7 cm³/mol. The molecule has 5 heteroatoms. The Bertz CT molecular complexity index is 450. The number of rotatable bonds is 4. The minimum atomic E-state index is -0.268. The van der Waals surface area contributed by atoms with Crippen molar-refractivity contribution in [3.05, 3.63) is 35.6 Å². The van der Waals surface area contributed by atoms with Gasteiger partial charge in [0.05, 0.1) is 18.8 Å². The number of hydrogen-bond acceptors (Lipinski definition) is 3. The number of nitrogens with one attached hydrogen (secondary N) is 1. The number of benzene rings is 1. The monoisotopic (exact) mass is 280 g/mol. The number of ether oxygens (including phenoxy) is 1. The fraction of sp³-hybridized carbons (Fsp3) is 0.533. The molecule has 0 aliphatic carbocycles. The molecule has 2 unspecified atom stereocenters. The molecule has 0 radical (unpaired) electrons. The topological polar surface area (TPSA) is 41.6 Å². The zero-order valence-corrected chi connectivity index (χ0v) is 11.9. The van der Waals surface area contributed by atoms with Crippen LogP contribution in [0.4, 0.5) is 4.39 Å². The van der Waals surface area contributed by atoms with Crippen molar-refractivity contribution in [1.82, 2.24) is 10.2 Å². The van der Waals surface area contributed by atoms with Crippen LogP contribution in [-0.4, -0.2) is 42.6 Å². The van der Waals surface area contributed by atoms with Gasteiger partial charge >= 0.3 is 0 Å². The van der Waals surface area contributed by atoms with Gasteiger partial charge in [0.1, 0.15) is 5.82 Å². The van der Waals surface area contributed by atoms with Crippen LogP contribution in [0.25, 0.3) is 0 Å². The molecule has 0 bridgehead atoms. The summed E-state index contributed by atoms with van der Waals surface area (Å²) in [5, 5.41) is 2.89. The van der Waals surface area contributed by atoms with Gasteiger partial charge in [-0.25, -0.2) is 4.39 Å². The maximum absolute atomic E-state index is 12.8. The van der Waals surface area contributed by atoms with E-state index in [2.05, 4.69) is 10.2 Å². The first kappa shape index (κ1) is 14.9. The molecule has 20 heavy (non-hydrogen) atoms. The Morgan fingerprint density at radius 3 is 2.85 bits per heavy atom. The molecule has 1 amide bonds. The van der Waals surface area contributed by atoms with Crippen molar-refractivity contribution in [2.45, 2.75) is 32.5 Å². The van der Waals surface area contributed by atoms with E-state index in [9.17, 15) is 9.18 Å². The summed E-state index contributed by atoms with van der Waals surface area (Å²) in [5.74, 6) is -0.279. The molecule has 4 nitrogen and oxygen atoms in total. The first-order valence-corrected chi connectivity index (χ1v) is 6.94. The molecule has 1 aromatic rings. The van der Waals surface area contributed by atoms with Crippen LogP contribution in [0.2, 0.25) is 0 Å². The number of hydrogen-bond donors (Lipinski definition) is 1. The number of carbonyl (C=O) groups is 1. The van der Waals surface area contributed by atoms with E-state index in [-0.39, 0.29) is 23.9 Å². The molecule has 0 spiro atoms. The Kier molecular flexibility index (Phi) is 5.09. The van der Waals surface area contributed by atoms with Gasteiger partial charge in [0.25, 0.3) is 0 Å². The highest BCUT2D eigenvalue weighted by molar-refractivity contribution is 5.81. The zero-order chi connectivity index (χ0) is 14.5. The van der Waals surface area contributed by atoms with E-state index in [0.717, 1.165) is 18.7 Å². The zero-order valence-electron chi connectivity index (χ0n) is 11.9. The summed E-state index contributed by atoms with van der Waals surface area (Å²) in [7, 11) is 0. The molecule has 1 aromatic carbocycles. The third-order valence-corrected chi connectivity index (χ3v) is 3.58. The van der Waals surface area contributed by atoms with Crippen LogP contribution in [0, 0.1) is 5.82 Å². The quantitative estimate of drug-likeness (QED) is 0.910. The van der Waals surface area contributed by atoms with Crippen LogP contribution in [0.15, 0.2) is 24.3 Å². The molecule has 1 N–H and O–H groups in total. The van der Waals surface area contributed by atoms with E-state index in [1.54, 1.807) is 12.1 Å². The molecule has 1 heterocycles. The van der Waals surface area contributed by atoms with Crippen LogP contribution in [0.1, 0.15) is 19.4 Å². The molecular weight excluding hydrogens is 259 g/mol. The van der Waals surface area contributed by atoms with Crippen molar-refractivity contribution in [2.24, 2.45) is 0 Å². The number of morpholine rings is 1. The van der Waals surface area contributed by atoms with Gasteiger partial charge in [0.15, 0.2) is 0 Å². The summed E-state index contributed by atoms with van der Waals surface area (Å²) < 4.78 is 18.3.